The lowest BCUT2D eigenvalue weighted by Crippen LogP contribution is -2.25. The van der Waals surface area contributed by atoms with Crippen LogP contribution in [0.3, 0.4) is 0 Å². The Hall–Kier alpha value is -2.41. The monoisotopic (exact) mass is 360 g/mol. The fourth-order valence-corrected chi connectivity index (χ4v) is 4.33. The molecule has 132 valence electrons. The number of esters is 1. The summed E-state index contributed by atoms with van der Waals surface area (Å²) in [5.74, 6) is -0.223. The summed E-state index contributed by atoms with van der Waals surface area (Å²) >= 11 is 0. The molecule has 2 aromatic rings. The first-order valence-electron chi connectivity index (χ1n) is 8.23. The van der Waals surface area contributed by atoms with Crippen molar-refractivity contribution in [2.24, 2.45) is 0 Å². The van der Waals surface area contributed by atoms with E-state index in [4.69, 9.17) is 4.74 Å². The van der Waals surface area contributed by atoms with Crippen LogP contribution in [0.4, 0.5) is 5.69 Å². The van der Waals surface area contributed by atoms with Crippen LogP contribution in [0.25, 0.3) is 0 Å². The topological polar surface area (TPSA) is 76.6 Å². The molecule has 0 spiro atoms. The lowest BCUT2D eigenvalue weighted by molar-refractivity contribution is 0.0500. The minimum Gasteiger partial charge on any atom is -0.462 e. The zero-order valence-corrected chi connectivity index (χ0v) is 14.6. The summed E-state index contributed by atoms with van der Waals surface area (Å²) < 4.78 is 30.5. The van der Waals surface area contributed by atoms with Gasteiger partial charge in [0.15, 0.2) is 0 Å². The highest BCUT2D eigenvalue weighted by molar-refractivity contribution is 7.93. The van der Waals surface area contributed by atoms with Crippen LogP contribution in [0.2, 0.25) is 0 Å². The van der Waals surface area contributed by atoms with Gasteiger partial charge in [0, 0.05) is 18.9 Å². The largest absolute Gasteiger partial charge is 0.462 e. The Bertz CT molecular complexity index is 820. The van der Waals surface area contributed by atoms with E-state index in [1.807, 2.05) is 12.1 Å². The molecule has 0 amide bonds. The average molecular weight is 360 g/mol. The van der Waals surface area contributed by atoms with Gasteiger partial charge in [0.1, 0.15) is 0 Å². The van der Waals surface area contributed by atoms with Crippen molar-refractivity contribution in [1.29, 1.82) is 0 Å². The van der Waals surface area contributed by atoms with Crippen LogP contribution in [0.1, 0.15) is 28.8 Å². The number of sulfonamides is 1. The van der Waals surface area contributed by atoms with Crippen LogP contribution in [-0.4, -0.2) is 38.3 Å². The molecule has 1 aliphatic heterocycles. The Balaban J connectivity index is 1.51. The predicted octanol–water partition coefficient (Wildman–Crippen LogP) is 2.41. The molecule has 7 heteroatoms. The molecule has 6 nitrogen and oxygen atoms in total. The quantitative estimate of drug-likeness (QED) is 0.584. The first-order valence-corrected chi connectivity index (χ1v) is 9.84. The van der Waals surface area contributed by atoms with Gasteiger partial charge in [-0.3, -0.25) is 9.29 Å². The highest BCUT2D eigenvalue weighted by Crippen LogP contribution is 2.24. The van der Waals surface area contributed by atoms with E-state index in [0.29, 0.717) is 30.8 Å². The van der Waals surface area contributed by atoms with E-state index >= 15 is 0 Å². The second-order valence-electron chi connectivity index (χ2n) is 5.88. The summed E-state index contributed by atoms with van der Waals surface area (Å²) in [6.45, 7) is 0.824. The number of ether oxygens (including phenoxy) is 1. The number of hydrogen-bond acceptors (Lipinski definition) is 5. The van der Waals surface area contributed by atoms with Crippen molar-refractivity contribution in [3.8, 4) is 0 Å². The van der Waals surface area contributed by atoms with Gasteiger partial charge in [-0.25, -0.2) is 13.2 Å². The maximum atomic E-state index is 12.1. The van der Waals surface area contributed by atoms with Crippen molar-refractivity contribution in [2.45, 2.75) is 19.3 Å². The Labute approximate surface area is 147 Å². The van der Waals surface area contributed by atoms with Crippen LogP contribution in [0.15, 0.2) is 48.8 Å². The van der Waals surface area contributed by atoms with Crippen molar-refractivity contribution < 1.29 is 17.9 Å². The predicted molar refractivity (Wildman–Crippen MR) is 95.0 cm³/mol. The van der Waals surface area contributed by atoms with Crippen LogP contribution in [0.5, 0.6) is 0 Å². The zero-order valence-electron chi connectivity index (χ0n) is 13.8. The minimum absolute atomic E-state index is 0.175. The molecule has 0 bridgehead atoms. The molecule has 0 saturated carbocycles. The van der Waals surface area contributed by atoms with E-state index in [-0.39, 0.29) is 5.75 Å². The number of carbonyl (C=O) groups is 1. The number of anilines is 1. The first-order chi connectivity index (χ1) is 12.1. The molecule has 1 saturated heterocycles. The molecule has 1 fully saturated rings. The van der Waals surface area contributed by atoms with Crippen LogP contribution >= 0.6 is 0 Å². The molecule has 0 radical (unpaired) electrons. The van der Waals surface area contributed by atoms with E-state index in [0.717, 1.165) is 18.4 Å². The maximum absolute atomic E-state index is 12.1. The number of nitrogens with zero attached hydrogens (tertiary/aromatic N) is 2. The Morgan fingerprint density at radius 1 is 1.12 bits per heavy atom. The lowest BCUT2D eigenvalue weighted by atomic mass is 10.1. The van der Waals surface area contributed by atoms with Gasteiger partial charge in [-0.2, -0.15) is 0 Å². The van der Waals surface area contributed by atoms with Gasteiger partial charge < -0.3 is 4.74 Å². The summed E-state index contributed by atoms with van der Waals surface area (Å²) in [4.78, 5) is 16.0. The number of aryl methyl sites for hydroxylation is 1. The van der Waals surface area contributed by atoms with Gasteiger partial charge in [0.05, 0.1) is 23.6 Å². The van der Waals surface area contributed by atoms with E-state index in [9.17, 15) is 13.2 Å². The van der Waals surface area contributed by atoms with E-state index < -0.39 is 16.0 Å². The van der Waals surface area contributed by atoms with Crippen molar-refractivity contribution in [3.05, 3.63) is 59.9 Å². The van der Waals surface area contributed by atoms with Gasteiger partial charge in [-0.05, 0) is 61.2 Å². The third kappa shape index (κ3) is 4.36. The number of benzene rings is 1. The number of rotatable bonds is 6. The van der Waals surface area contributed by atoms with Gasteiger partial charge in [0.2, 0.25) is 10.0 Å². The van der Waals surface area contributed by atoms with Crippen molar-refractivity contribution in [1.82, 2.24) is 4.98 Å². The third-order valence-electron chi connectivity index (χ3n) is 4.08. The summed E-state index contributed by atoms with van der Waals surface area (Å²) in [5.41, 5.74) is 2.17. The van der Waals surface area contributed by atoms with E-state index in [1.54, 1.807) is 36.7 Å². The molecular formula is C18H20N2O4S. The lowest BCUT2D eigenvalue weighted by Gasteiger charge is -2.16. The highest BCUT2D eigenvalue weighted by atomic mass is 32.2. The molecule has 2 heterocycles. The number of hydrogen-bond donors (Lipinski definition) is 0. The Morgan fingerprint density at radius 2 is 1.84 bits per heavy atom. The summed E-state index contributed by atoms with van der Waals surface area (Å²) in [7, 11) is -3.20. The maximum Gasteiger partial charge on any atom is 0.338 e. The molecule has 25 heavy (non-hydrogen) atoms. The highest BCUT2D eigenvalue weighted by Gasteiger charge is 2.28. The molecule has 1 aliphatic rings. The number of aromatic nitrogens is 1. The Kier molecular flexibility index (Phi) is 5.33. The van der Waals surface area contributed by atoms with E-state index in [2.05, 4.69) is 4.98 Å². The minimum atomic E-state index is -3.20. The van der Waals surface area contributed by atoms with Gasteiger partial charge in [-0.1, -0.05) is 0 Å². The van der Waals surface area contributed by atoms with Gasteiger partial charge in [0.25, 0.3) is 0 Å². The molecule has 0 N–H and O–H groups in total. The molecule has 0 unspecified atom stereocenters. The zero-order chi connectivity index (χ0) is 17.7. The van der Waals surface area contributed by atoms with Crippen molar-refractivity contribution >= 4 is 21.7 Å². The smallest absolute Gasteiger partial charge is 0.338 e. The SMILES string of the molecule is O=C(OCCCc1ccncc1)c1ccc(N2CCCS2(=O)=O)cc1. The number of pyridine rings is 1. The average Bonchev–Trinajstić information content (AvgIpc) is 2.99. The van der Waals surface area contributed by atoms with Gasteiger partial charge in [-0.15, -0.1) is 0 Å². The molecule has 3 rings (SSSR count). The van der Waals surface area contributed by atoms with Crippen molar-refractivity contribution in [3.63, 3.8) is 0 Å². The molecule has 1 aromatic carbocycles. The fraction of sp³-hybridized carbons (Fsp3) is 0.333. The normalized spacial score (nSPS) is 15.9. The molecular weight excluding hydrogens is 340 g/mol. The molecule has 1 aromatic heterocycles. The van der Waals surface area contributed by atoms with Crippen molar-refractivity contribution in [2.75, 3.05) is 23.2 Å². The Morgan fingerprint density at radius 3 is 2.48 bits per heavy atom. The van der Waals surface area contributed by atoms with Crippen LogP contribution in [0, 0.1) is 0 Å². The second-order valence-corrected chi connectivity index (χ2v) is 7.90. The van der Waals surface area contributed by atoms with E-state index in [1.165, 1.54) is 4.31 Å². The standard InChI is InChI=1S/C18H20N2O4S/c21-18(24-13-1-3-15-8-10-19-11-9-15)16-4-6-17(7-5-16)20-12-2-14-25(20,22)23/h4-11H,1-3,12-14H2. The second kappa shape index (κ2) is 7.65. The first kappa shape index (κ1) is 17.4. The number of carbonyl (C=O) groups excluding carboxylic acids is 1. The van der Waals surface area contributed by atoms with Gasteiger partial charge >= 0.3 is 5.97 Å². The fourth-order valence-electron chi connectivity index (χ4n) is 2.77. The molecule has 0 aliphatic carbocycles. The summed E-state index contributed by atoms with van der Waals surface area (Å²) in [5, 5.41) is 0. The van der Waals surface area contributed by atoms with Crippen LogP contribution < -0.4 is 4.31 Å². The summed E-state index contributed by atoms with van der Waals surface area (Å²) in [6, 6.07) is 10.4. The summed E-state index contributed by atoms with van der Waals surface area (Å²) in [6.07, 6.45) is 5.66. The van der Waals surface area contributed by atoms with Crippen LogP contribution in [-0.2, 0) is 21.2 Å². The molecule has 0 atom stereocenters. The third-order valence-corrected chi connectivity index (χ3v) is 5.95.